The fourth-order valence-electron chi connectivity index (χ4n) is 5.36. The molecule has 0 aliphatic heterocycles. The van der Waals surface area contributed by atoms with Crippen molar-refractivity contribution >= 4 is 46.4 Å². The molecule has 5 nitrogen and oxygen atoms in total. The second kappa shape index (κ2) is 13.6. The van der Waals surface area contributed by atoms with Crippen LogP contribution < -0.4 is 15.3 Å². The Bertz CT molecular complexity index is 1470. The van der Waals surface area contributed by atoms with Crippen LogP contribution in [0.4, 0.5) is 10.5 Å². The monoisotopic (exact) mass is 659 g/mol. The van der Waals surface area contributed by atoms with Gasteiger partial charge in [-0.1, -0.05) is 122 Å². The van der Waals surface area contributed by atoms with Gasteiger partial charge in [0.1, 0.15) is 5.60 Å². The van der Waals surface area contributed by atoms with Crippen LogP contribution in [0.2, 0.25) is 5.04 Å². The molecular formula is C36H42BrNO4Si. The van der Waals surface area contributed by atoms with Crippen LogP contribution in [-0.2, 0) is 28.9 Å². The Morgan fingerprint density at radius 3 is 1.93 bits per heavy atom. The van der Waals surface area contributed by atoms with Gasteiger partial charge in [-0.3, -0.25) is 4.90 Å². The van der Waals surface area contributed by atoms with Gasteiger partial charge in [0.2, 0.25) is 0 Å². The van der Waals surface area contributed by atoms with E-state index in [1.54, 1.807) is 4.90 Å². The van der Waals surface area contributed by atoms with Gasteiger partial charge in [-0.05, 0) is 71.1 Å². The van der Waals surface area contributed by atoms with Gasteiger partial charge in [0, 0.05) is 10.2 Å². The summed E-state index contributed by atoms with van der Waals surface area (Å²) in [5, 5.41) is 12.0. The van der Waals surface area contributed by atoms with Gasteiger partial charge in [0.05, 0.1) is 19.8 Å². The van der Waals surface area contributed by atoms with Gasteiger partial charge in [-0.2, -0.15) is 0 Å². The van der Waals surface area contributed by atoms with Gasteiger partial charge in [0.25, 0.3) is 8.32 Å². The molecule has 0 spiro atoms. The van der Waals surface area contributed by atoms with Crippen molar-refractivity contribution in [3.05, 3.63) is 124 Å². The van der Waals surface area contributed by atoms with Crippen LogP contribution in [0.3, 0.4) is 0 Å². The minimum atomic E-state index is -2.74. The summed E-state index contributed by atoms with van der Waals surface area (Å²) in [6, 6.07) is 34.7. The molecule has 0 atom stereocenters. The lowest BCUT2D eigenvalue weighted by atomic mass is 10.1. The van der Waals surface area contributed by atoms with Gasteiger partial charge in [-0.15, -0.1) is 0 Å². The Morgan fingerprint density at radius 2 is 1.40 bits per heavy atom. The molecule has 4 aromatic rings. The molecule has 0 fully saturated rings. The average molecular weight is 661 g/mol. The van der Waals surface area contributed by atoms with Crippen molar-refractivity contribution in [1.82, 2.24) is 0 Å². The Hall–Kier alpha value is -3.23. The van der Waals surface area contributed by atoms with Gasteiger partial charge in [-0.25, -0.2) is 4.79 Å². The molecule has 0 aliphatic rings. The summed E-state index contributed by atoms with van der Waals surface area (Å²) < 4.78 is 13.9. The molecule has 1 amide bonds. The number of hydrogen-bond donors (Lipinski definition) is 1. The number of rotatable bonds is 9. The van der Waals surface area contributed by atoms with Crippen molar-refractivity contribution in [3.63, 3.8) is 0 Å². The number of nitrogens with zero attached hydrogens (tertiary/aromatic N) is 1. The van der Waals surface area contributed by atoms with Crippen LogP contribution >= 0.6 is 15.9 Å². The van der Waals surface area contributed by atoms with Crippen molar-refractivity contribution in [2.45, 2.75) is 71.9 Å². The fraction of sp³-hybridized carbons (Fsp3) is 0.306. The van der Waals surface area contributed by atoms with E-state index >= 15 is 0 Å². The predicted octanol–water partition coefficient (Wildman–Crippen LogP) is 7.96. The van der Waals surface area contributed by atoms with E-state index in [0.29, 0.717) is 12.3 Å². The molecule has 0 aromatic heterocycles. The smallest absolute Gasteiger partial charge is 0.415 e. The number of hydrogen-bond acceptors (Lipinski definition) is 4. The Kier molecular flexibility index (Phi) is 10.3. The van der Waals surface area contributed by atoms with E-state index in [2.05, 4.69) is 85.2 Å². The Balaban J connectivity index is 1.73. The first-order chi connectivity index (χ1) is 20.3. The molecule has 4 rings (SSSR count). The molecule has 4 aromatic carbocycles. The van der Waals surface area contributed by atoms with Crippen LogP contribution in [0.1, 0.15) is 58.2 Å². The van der Waals surface area contributed by atoms with E-state index < -0.39 is 20.0 Å². The lowest BCUT2D eigenvalue weighted by Crippen LogP contribution is -2.66. The summed E-state index contributed by atoms with van der Waals surface area (Å²) in [7, 11) is -2.74. The molecule has 0 unspecified atom stereocenters. The normalized spacial score (nSPS) is 12.2. The quantitative estimate of drug-likeness (QED) is 0.185. The lowest BCUT2D eigenvalue weighted by Gasteiger charge is -2.43. The topological polar surface area (TPSA) is 59.0 Å². The van der Waals surface area contributed by atoms with Gasteiger partial charge in [0.15, 0.2) is 0 Å². The molecule has 226 valence electrons. The second-order valence-electron chi connectivity index (χ2n) is 12.8. The molecule has 7 heteroatoms. The number of carbonyl (C=O) groups is 1. The molecule has 0 aliphatic carbocycles. The first-order valence-electron chi connectivity index (χ1n) is 14.6. The number of aliphatic hydroxyl groups excluding tert-OH is 1. The number of amides is 1. The van der Waals surface area contributed by atoms with Crippen LogP contribution in [0.5, 0.6) is 0 Å². The van der Waals surface area contributed by atoms with Crippen LogP contribution in [0, 0.1) is 0 Å². The van der Waals surface area contributed by atoms with Gasteiger partial charge >= 0.3 is 6.09 Å². The number of ether oxygens (including phenoxy) is 1. The third kappa shape index (κ3) is 7.84. The van der Waals surface area contributed by atoms with Crippen LogP contribution in [0.25, 0.3) is 0 Å². The number of aliphatic hydroxyl groups is 1. The number of carbonyl (C=O) groups excluding carboxylic acids is 1. The van der Waals surface area contributed by atoms with E-state index in [1.807, 2.05) is 75.4 Å². The van der Waals surface area contributed by atoms with Crippen molar-refractivity contribution in [1.29, 1.82) is 0 Å². The summed E-state index contributed by atoms with van der Waals surface area (Å²) in [5.74, 6) is 0. The third-order valence-electron chi connectivity index (χ3n) is 7.33. The second-order valence-corrected chi connectivity index (χ2v) is 17.9. The van der Waals surface area contributed by atoms with Crippen molar-refractivity contribution in [2.75, 3.05) is 4.90 Å². The van der Waals surface area contributed by atoms with E-state index in [9.17, 15) is 9.90 Å². The molecule has 0 radical (unpaired) electrons. The predicted molar refractivity (Wildman–Crippen MR) is 181 cm³/mol. The molecule has 0 saturated heterocycles. The highest BCUT2D eigenvalue weighted by molar-refractivity contribution is 9.10. The van der Waals surface area contributed by atoms with Crippen LogP contribution in [0.15, 0.2) is 108 Å². The zero-order valence-corrected chi connectivity index (χ0v) is 28.5. The zero-order valence-electron chi connectivity index (χ0n) is 25.9. The maximum absolute atomic E-state index is 13.6. The third-order valence-corrected chi connectivity index (χ3v) is 13.1. The minimum Gasteiger partial charge on any atom is -0.443 e. The van der Waals surface area contributed by atoms with Crippen molar-refractivity contribution < 1.29 is 19.1 Å². The first kappa shape index (κ1) is 32.7. The number of anilines is 1. The minimum absolute atomic E-state index is 0.0816. The summed E-state index contributed by atoms with van der Waals surface area (Å²) in [6.07, 6.45) is -0.446. The van der Waals surface area contributed by atoms with Gasteiger partial charge < -0.3 is 14.3 Å². The number of benzene rings is 4. The lowest BCUT2D eigenvalue weighted by molar-refractivity contribution is 0.0577. The Morgan fingerprint density at radius 1 is 0.791 bits per heavy atom. The largest absolute Gasteiger partial charge is 0.443 e. The van der Waals surface area contributed by atoms with E-state index in [-0.39, 0.29) is 18.2 Å². The highest BCUT2D eigenvalue weighted by Gasteiger charge is 2.50. The maximum atomic E-state index is 13.6. The van der Waals surface area contributed by atoms with Crippen molar-refractivity contribution in [3.8, 4) is 0 Å². The SMILES string of the molecule is CC(C)(C)OC(=O)N(Cc1cc(CO)ccc1Br)c1cccc(CO[Si](c2ccccc2)(c2ccccc2)C(C)(C)C)c1. The highest BCUT2D eigenvalue weighted by Crippen LogP contribution is 2.37. The molecule has 0 bridgehead atoms. The zero-order chi connectivity index (χ0) is 31.3. The van der Waals surface area contributed by atoms with E-state index in [4.69, 9.17) is 9.16 Å². The Labute approximate surface area is 265 Å². The highest BCUT2D eigenvalue weighted by atomic mass is 79.9. The molecule has 1 N–H and O–H groups in total. The summed E-state index contributed by atoms with van der Waals surface area (Å²) in [4.78, 5) is 15.2. The summed E-state index contributed by atoms with van der Waals surface area (Å²) in [6.45, 7) is 12.9. The first-order valence-corrected chi connectivity index (χ1v) is 17.3. The van der Waals surface area contributed by atoms with E-state index in [0.717, 1.165) is 21.2 Å². The molecule has 43 heavy (non-hydrogen) atoms. The molecular weight excluding hydrogens is 618 g/mol. The van der Waals surface area contributed by atoms with Crippen molar-refractivity contribution in [2.24, 2.45) is 0 Å². The number of halogens is 1. The van der Waals surface area contributed by atoms with Crippen LogP contribution in [-0.4, -0.2) is 25.1 Å². The summed E-state index contributed by atoms with van der Waals surface area (Å²) in [5.41, 5.74) is 2.64. The molecule has 0 saturated carbocycles. The maximum Gasteiger partial charge on any atom is 0.415 e. The molecule has 0 heterocycles. The average Bonchev–Trinajstić information content (AvgIpc) is 2.96. The fourth-order valence-corrected chi connectivity index (χ4v) is 10.3. The summed E-state index contributed by atoms with van der Waals surface area (Å²) >= 11 is 3.62. The standard InChI is InChI=1S/C36H42BrNO4Si/c1-35(2,3)42-34(40)38(24-29-22-27(25-39)20-21-33(29)37)30-15-13-14-28(23-30)26-41-43(36(4,5)6,31-16-9-7-10-17-31)32-18-11-8-12-19-32/h7-23,39H,24-26H2,1-6H3. The van der Waals surface area contributed by atoms with E-state index in [1.165, 1.54) is 10.4 Å².